The standard InChI is InChI=1S/C19H15F3N2O5S/c20-19(21,22)14-3-1-2-13(8-14)12-4-6-16(7-5-12)30(27,28)23-9-15(10-23)24-17(25)11-29-18(24)26/h1-8,15H,9-11H2. The minimum Gasteiger partial charge on any atom is -0.439 e. The van der Waals surface area contributed by atoms with Gasteiger partial charge in [0.15, 0.2) is 6.61 Å². The van der Waals surface area contributed by atoms with Crippen molar-refractivity contribution in [1.82, 2.24) is 9.21 Å². The van der Waals surface area contributed by atoms with E-state index in [2.05, 4.69) is 4.74 Å². The molecule has 4 rings (SSSR count). The molecule has 2 aliphatic rings. The molecule has 2 fully saturated rings. The molecule has 30 heavy (non-hydrogen) atoms. The van der Waals surface area contributed by atoms with Gasteiger partial charge in [-0.05, 0) is 35.4 Å². The number of ether oxygens (including phenoxy) is 1. The largest absolute Gasteiger partial charge is 0.439 e. The number of carbonyl (C=O) groups excluding carboxylic acids is 2. The Bertz CT molecular complexity index is 1090. The third kappa shape index (κ3) is 3.54. The third-order valence-corrected chi connectivity index (χ3v) is 6.84. The van der Waals surface area contributed by atoms with Crippen molar-refractivity contribution < 1.29 is 35.9 Å². The summed E-state index contributed by atoms with van der Waals surface area (Å²) < 4.78 is 69.9. The Morgan fingerprint density at radius 2 is 1.63 bits per heavy atom. The van der Waals surface area contributed by atoms with Crippen molar-refractivity contribution in [1.29, 1.82) is 0 Å². The van der Waals surface area contributed by atoms with Gasteiger partial charge in [-0.1, -0.05) is 24.3 Å². The Hall–Kier alpha value is -2.92. The second-order valence-corrected chi connectivity index (χ2v) is 8.84. The second-order valence-electron chi connectivity index (χ2n) is 6.90. The van der Waals surface area contributed by atoms with Crippen LogP contribution in [-0.2, 0) is 25.7 Å². The maximum atomic E-state index is 12.9. The van der Waals surface area contributed by atoms with Gasteiger partial charge in [-0.3, -0.25) is 4.79 Å². The predicted octanol–water partition coefficient (Wildman–Crippen LogP) is 2.72. The highest BCUT2D eigenvalue weighted by Crippen LogP contribution is 2.33. The minimum atomic E-state index is -4.48. The van der Waals surface area contributed by atoms with Crippen LogP contribution in [0.5, 0.6) is 0 Å². The molecule has 158 valence electrons. The van der Waals surface area contributed by atoms with Gasteiger partial charge in [0, 0.05) is 13.1 Å². The molecule has 0 aromatic heterocycles. The van der Waals surface area contributed by atoms with Crippen LogP contribution in [0.2, 0.25) is 0 Å². The average Bonchev–Trinajstić information content (AvgIpc) is 2.99. The molecule has 2 amide bonds. The highest BCUT2D eigenvalue weighted by atomic mass is 32.2. The van der Waals surface area contributed by atoms with Gasteiger partial charge in [0.1, 0.15) is 0 Å². The Kier molecular flexibility index (Phi) is 4.82. The van der Waals surface area contributed by atoms with Crippen molar-refractivity contribution in [2.24, 2.45) is 0 Å². The summed E-state index contributed by atoms with van der Waals surface area (Å²) in [6, 6.07) is 9.66. The van der Waals surface area contributed by atoms with Crippen LogP contribution in [0.15, 0.2) is 53.4 Å². The SMILES string of the molecule is O=C1COC(=O)N1C1CN(S(=O)(=O)c2ccc(-c3cccc(C(F)(F)F)c3)cc2)C1. The van der Waals surface area contributed by atoms with E-state index < -0.39 is 39.8 Å². The van der Waals surface area contributed by atoms with Crippen LogP contribution in [0.1, 0.15) is 5.56 Å². The van der Waals surface area contributed by atoms with Crippen molar-refractivity contribution in [3.8, 4) is 11.1 Å². The van der Waals surface area contributed by atoms with Crippen molar-refractivity contribution in [3.63, 3.8) is 0 Å². The Balaban J connectivity index is 1.49. The van der Waals surface area contributed by atoms with Gasteiger partial charge in [0.2, 0.25) is 10.0 Å². The molecule has 0 unspecified atom stereocenters. The number of benzene rings is 2. The number of hydrogen-bond donors (Lipinski definition) is 0. The third-order valence-electron chi connectivity index (χ3n) is 4.99. The topological polar surface area (TPSA) is 84.0 Å². The number of rotatable bonds is 4. The summed E-state index contributed by atoms with van der Waals surface area (Å²) in [5, 5.41) is 0. The first-order valence-electron chi connectivity index (χ1n) is 8.84. The van der Waals surface area contributed by atoms with Gasteiger partial charge < -0.3 is 4.74 Å². The molecule has 0 saturated carbocycles. The van der Waals surface area contributed by atoms with Crippen molar-refractivity contribution >= 4 is 22.0 Å². The fourth-order valence-electron chi connectivity index (χ4n) is 3.34. The number of sulfonamides is 1. The average molecular weight is 440 g/mol. The van der Waals surface area contributed by atoms with E-state index >= 15 is 0 Å². The van der Waals surface area contributed by atoms with Crippen LogP contribution in [-0.4, -0.2) is 55.4 Å². The summed E-state index contributed by atoms with van der Waals surface area (Å²) in [7, 11) is -3.87. The first kappa shape index (κ1) is 20.4. The van der Waals surface area contributed by atoms with E-state index in [1.807, 2.05) is 0 Å². The highest BCUT2D eigenvalue weighted by molar-refractivity contribution is 7.89. The summed E-state index contributed by atoms with van der Waals surface area (Å²) in [6.07, 6.45) is -5.26. The summed E-state index contributed by atoms with van der Waals surface area (Å²) in [5.74, 6) is -0.507. The maximum Gasteiger partial charge on any atom is 0.417 e. The number of alkyl halides is 3. The van der Waals surface area contributed by atoms with Crippen LogP contribution in [0.4, 0.5) is 18.0 Å². The predicted molar refractivity (Wildman–Crippen MR) is 97.6 cm³/mol. The van der Waals surface area contributed by atoms with Gasteiger partial charge >= 0.3 is 12.3 Å². The quantitative estimate of drug-likeness (QED) is 0.730. The Morgan fingerprint density at radius 1 is 0.967 bits per heavy atom. The number of imide groups is 1. The number of amides is 2. The van der Waals surface area contributed by atoms with Gasteiger partial charge in [0.05, 0.1) is 16.5 Å². The van der Waals surface area contributed by atoms with Gasteiger partial charge in [-0.2, -0.15) is 17.5 Å². The van der Waals surface area contributed by atoms with E-state index in [4.69, 9.17) is 0 Å². The fourth-order valence-corrected chi connectivity index (χ4v) is 4.85. The van der Waals surface area contributed by atoms with Crippen LogP contribution in [0, 0.1) is 0 Å². The smallest absolute Gasteiger partial charge is 0.417 e. The second kappa shape index (κ2) is 7.10. The van der Waals surface area contributed by atoms with Gasteiger partial charge in [0.25, 0.3) is 5.91 Å². The van der Waals surface area contributed by atoms with Gasteiger partial charge in [-0.15, -0.1) is 0 Å². The van der Waals surface area contributed by atoms with Crippen LogP contribution in [0.25, 0.3) is 11.1 Å². The lowest BCUT2D eigenvalue weighted by molar-refractivity contribution is -0.137. The van der Waals surface area contributed by atoms with E-state index in [-0.39, 0.29) is 24.6 Å². The fraction of sp³-hybridized carbons (Fsp3) is 0.263. The molecule has 2 saturated heterocycles. The van der Waals surface area contributed by atoms with Gasteiger partial charge in [-0.25, -0.2) is 18.1 Å². The number of nitrogens with zero attached hydrogens (tertiary/aromatic N) is 2. The normalized spacial score (nSPS) is 18.4. The monoisotopic (exact) mass is 440 g/mol. The molecule has 0 aliphatic carbocycles. The molecule has 11 heteroatoms. The molecular formula is C19H15F3N2O5S. The summed E-state index contributed by atoms with van der Waals surface area (Å²) in [5.41, 5.74) is -0.0471. The van der Waals surface area contributed by atoms with E-state index in [9.17, 15) is 31.2 Å². The minimum absolute atomic E-state index is 0.0352. The van der Waals surface area contributed by atoms with E-state index in [1.165, 1.54) is 36.4 Å². The molecule has 0 spiro atoms. The molecule has 0 N–H and O–H groups in total. The van der Waals surface area contributed by atoms with Crippen LogP contribution in [0.3, 0.4) is 0 Å². The van der Waals surface area contributed by atoms with Crippen LogP contribution >= 0.6 is 0 Å². The first-order valence-corrected chi connectivity index (χ1v) is 10.3. The van der Waals surface area contributed by atoms with E-state index in [0.717, 1.165) is 21.3 Å². The number of cyclic esters (lactones) is 1. The number of hydrogen-bond acceptors (Lipinski definition) is 5. The molecule has 2 aliphatic heterocycles. The lowest BCUT2D eigenvalue weighted by Gasteiger charge is -2.40. The number of carbonyl (C=O) groups is 2. The summed E-state index contributed by atoms with van der Waals surface area (Å²) >= 11 is 0. The van der Waals surface area contributed by atoms with E-state index in [0.29, 0.717) is 11.1 Å². The van der Waals surface area contributed by atoms with Crippen molar-refractivity contribution in [3.05, 3.63) is 54.1 Å². The molecule has 2 aromatic carbocycles. The van der Waals surface area contributed by atoms with Crippen molar-refractivity contribution in [2.75, 3.05) is 19.7 Å². The number of halogens is 3. The van der Waals surface area contributed by atoms with E-state index in [1.54, 1.807) is 0 Å². The molecule has 7 nitrogen and oxygen atoms in total. The lowest BCUT2D eigenvalue weighted by atomic mass is 10.0. The van der Waals surface area contributed by atoms with Crippen molar-refractivity contribution in [2.45, 2.75) is 17.1 Å². The maximum absolute atomic E-state index is 12.9. The molecule has 2 aromatic rings. The lowest BCUT2D eigenvalue weighted by Crippen LogP contribution is -2.62. The molecule has 0 bridgehead atoms. The summed E-state index contributed by atoms with van der Waals surface area (Å²) in [4.78, 5) is 24.1. The molecule has 2 heterocycles. The Morgan fingerprint density at radius 3 is 2.20 bits per heavy atom. The zero-order valence-electron chi connectivity index (χ0n) is 15.3. The first-order chi connectivity index (χ1) is 14.1. The molecule has 0 radical (unpaired) electrons. The van der Waals surface area contributed by atoms with Crippen LogP contribution < -0.4 is 0 Å². The molecule has 0 atom stereocenters. The zero-order valence-corrected chi connectivity index (χ0v) is 16.1. The summed E-state index contributed by atoms with van der Waals surface area (Å²) in [6.45, 7) is -0.434. The highest BCUT2D eigenvalue weighted by Gasteiger charge is 2.46. The molecular weight excluding hydrogens is 425 g/mol. The Labute approximate surface area is 169 Å². The zero-order chi connectivity index (χ0) is 21.7.